The second kappa shape index (κ2) is 5.04. The first-order chi connectivity index (χ1) is 7.81. The molecule has 1 rings (SSSR count). The lowest BCUT2D eigenvalue weighted by Crippen LogP contribution is -2.55. The van der Waals surface area contributed by atoms with Crippen LogP contribution in [0.15, 0.2) is 0 Å². The fourth-order valence-electron chi connectivity index (χ4n) is 2.05. The van der Waals surface area contributed by atoms with Crippen molar-refractivity contribution in [2.45, 2.75) is 51.5 Å². The van der Waals surface area contributed by atoms with Gasteiger partial charge < -0.3 is 16.2 Å². The first-order valence-electron chi connectivity index (χ1n) is 6.06. The third-order valence-corrected chi connectivity index (χ3v) is 3.60. The summed E-state index contributed by atoms with van der Waals surface area (Å²) in [6.07, 6.45) is 3.20. The highest BCUT2D eigenvalue weighted by Crippen LogP contribution is 2.40. The maximum absolute atomic E-state index is 12.1. The molecule has 1 aliphatic carbocycles. The molecule has 4 N–H and O–H groups in total. The normalized spacial score (nSPS) is 18.3. The van der Waals surface area contributed by atoms with Gasteiger partial charge in [-0.2, -0.15) is 0 Å². The number of carboxylic acid groups (broad SMARTS) is 1. The first-order valence-corrected chi connectivity index (χ1v) is 6.06. The zero-order chi connectivity index (χ0) is 13.1. The Balaban J connectivity index is 2.51. The molecule has 0 aromatic rings. The van der Waals surface area contributed by atoms with Crippen molar-refractivity contribution in [1.29, 1.82) is 0 Å². The zero-order valence-corrected chi connectivity index (χ0v) is 10.6. The molecule has 0 aliphatic heterocycles. The Morgan fingerprint density at radius 2 is 2.00 bits per heavy atom. The van der Waals surface area contributed by atoms with Crippen LogP contribution in [0.4, 0.5) is 0 Å². The molecular weight excluding hydrogens is 220 g/mol. The van der Waals surface area contributed by atoms with Gasteiger partial charge in [0.2, 0.25) is 5.91 Å². The van der Waals surface area contributed by atoms with Crippen LogP contribution in [0.2, 0.25) is 0 Å². The molecule has 1 amide bonds. The number of carboxylic acids is 1. The molecule has 1 fully saturated rings. The van der Waals surface area contributed by atoms with Gasteiger partial charge in [0, 0.05) is 18.5 Å². The average Bonchev–Trinajstić information content (AvgIpc) is 2.13. The van der Waals surface area contributed by atoms with Crippen molar-refractivity contribution in [2.75, 3.05) is 6.54 Å². The molecule has 17 heavy (non-hydrogen) atoms. The number of aliphatic carboxylic acids is 1. The summed E-state index contributed by atoms with van der Waals surface area (Å²) in [7, 11) is 0. The molecule has 0 radical (unpaired) electrons. The van der Waals surface area contributed by atoms with Crippen molar-refractivity contribution < 1.29 is 14.7 Å². The lowest BCUT2D eigenvalue weighted by atomic mass is 9.68. The molecule has 0 aromatic carbocycles. The van der Waals surface area contributed by atoms with E-state index in [4.69, 9.17) is 10.8 Å². The predicted octanol–water partition coefficient (Wildman–Crippen LogP) is 0.875. The van der Waals surface area contributed by atoms with Gasteiger partial charge in [0.1, 0.15) is 0 Å². The SMILES string of the molecule is CC(C)(CCC(=O)O)NC(=O)C1(CN)CCC1. The third kappa shape index (κ3) is 3.43. The molecule has 5 heteroatoms. The topological polar surface area (TPSA) is 92.4 Å². The quantitative estimate of drug-likeness (QED) is 0.644. The van der Waals surface area contributed by atoms with Gasteiger partial charge in [-0.25, -0.2) is 0 Å². The van der Waals surface area contributed by atoms with Gasteiger partial charge in [0.15, 0.2) is 0 Å². The summed E-state index contributed by atoms with van der Waals surface area (Å²) in [6.45, 7) is 4.06. The summed E-state index contributed by atoms with van der Waals surface area (Å²) >= 11 is 0. The van der Waals surface area contributed by atoms with Gasteiger partial charge in [-0.3, -0.25) is 9.59 Å². The van der Waals surface area contributed by atoms with Crippen LogP contribution in [0, 0.1) is 5.41 Å². The van der Waals surface area contributed by atoms with Gasteiger partial charge in [0.05, 0.1) is 5.41 Å². The summed E-state index contributed by atoms with van der Waals surface area (Å²) in [5, 5.41) is 11.6. The molecular formula is C12H22N2O3. The largest absolute Gasteiger partial charge is 0.481 e. The highest BCUT2D eigenvalue weighted by atomic mass is 16.4. The lowest BCUT2D eigenvalue weighted by Gasteiger charge is -2.41. The van der Waals surface area contributed by atoms with E-state index in [1.807, 2.05) is 13.8 Å². The van der Waals surface area contributed by atoms with Crippen LogP contribution in [0.3, 0.4) is 0 Å². The van der Waals surface area contributed by atoms with Crippen LogP contribution in [-0.4, -0.2) is 29.1 Å². The van der Waals surface area contributed by atoms with Gasteiger partial charge >= 0.3 is 5.97 Å². The van der Waals surface area contributed by atoms with Crippen molar-refractivity contribution in [3.8, 4) is 0 Å². The van der Waals surface area contributed by atoms with Crippen molar-refractivity contribution >= 4 is 11.9 Å². The number of hydrogen-bond donors (Lipinski definition) is 3. The lowest BCUT2D eigenvalue weighted by molar-refractivity contribution is -0.140. The minimum atomic E-state index is -0.843. The van der Waals surface area contributed by atoms with E-state index >= 15 is 0 Å². The van der Waals surface area contributed by atoms with Crippen LogP contribution in [0.1, 0.15) is 46.0 Å². The first kappa shape index (κ1) is 14.0. The van der Waals surface area contributed by atoms with Gasteiger partial charge in [-0.15, -0.1) is 0 Å². The summed E-state index contributed by atoms with van der Waals surface area (Å²) in [5.41, 5.74) is 4.76. The third-order valence-electron chi connectivity index (χ3n) is 3.60. The fraction of sp³-hybridized carbons (Fsp3) is 0.833. The Morgan fingerprint density at radius 3 is 2.35 bits per heavy atom. The van der Waals surface area contributed by atoms with Gasteiger partial charge in [-0.1, -0.05) is 6.42 Å². The van der Waals surface area contributed by atoms with Crippen molar-refractivity contribution in [3.63, 3.8) is 0 Å². The Morgan fingerprint density at radius 1 is 1.41 bits per heavy atom. The number of amides is 1. The molecule has 0 aromatic heterocycles. The van der Waals surface area contributed by atoms with E-state index in [0.29, 0.717) is 13.0 Å². The van der Waals surface area contributed by atoms with Gasteiger partial charge in [-0.05, 0) is 33.1 Å². The Bertz CT molecular complexity index is 303. The number of hydrogen-bond acceptors (Lipinski definition) is 3. The summed E-state index contributed by atoms with van der Waals surface area (Å²) in [5.74, 6) is -0.869. The Kier molecular flexibility index (Phi) is 4.14. The number of nitrogens with one attached hydrogen (secondary N) is 1. The fourth-order valence-corrected chi connectivity index (χ4v) is 2.05. The molecule has 1 aliphatic rings. The van der Waals surface area contributed by atoms with Crippen LogP contribution in [0.25, 0.3) is 0 Å². The maximum atomic E-state index is 12.1. The number of carbonyl (C=O) groups excluding carboxylic acids is 1. The minimum absolute atomic E-state index is 0.0263. The number of nitrogens with two attached hydrogens (primary N) is 1. The average molecular weight is 242 g/mol. The molecule has 1 saturated carbocycles. The van der Waals surface area contributed by atoms with Crippen LogP contribution < -0.4 is 11.1 Å². The van der Waals surface area contributed by atoms with E-state index in [2.05, 4.69) is 5.32 Å². The highest BCUT2D eigenvalue weighted by molar-refractivity contribution is 5.84. The zero-order valence-electron chi connectivity index (χ0n) is 10.6. The van der Waals surface area contributed by atoms with E-state index in [0.717, 1.165) is 19.3 Å². The number of carbonyl (C=O) groups is 2. The van der Waals surface area contributed by atoms with Crippen LogP contribution >= 0.6 is 0 Å². The summed E-state index contributed by atoms with van der Waals surface area (Å²) in [4.78, 5) is 22.6. The second-order valence-corrected chi connectivity index (χ2v) is 5.57. The molecule has 5 nitrogen and oxygen atoms in total. The van der Waals surface area contributed by atoms with Crippen molar-refractivity contribution in [2.24, 2.45) is 11.1 Å². The molecule has 98 valence electrons. The standard InChI is InChI=1S/C12H22N2O3/c1-11(2,7-4-9(15)16)14-10(17)12(8-13)5-3-6-12/h3-8,13H2,1-2H3,(H,14,17)(H,15,16). The molecule has 0 unspecified atom stereocenters. The van der Waals surface area contributed by atoms with Crippen LogP contribution in [0.5, 0.6) is 0 Å². The monoisotopic (exact) mass is 242 g/mol. The summed E-state index contributed by atoms with van der Waals surface area (Å²) in [6, 6.07) is 0. The molecule has 0 heterocycles. The molecule has 0 spiro atoms. The molecule has 0 bridgehead atoms. The minimum Gasteiger partial charge on any atom is -0.481 e. The van der Waals surface area contributed by atoms with E-state index in [1.165, 1.54) is 0 Å². The van der Waals surface area contributed by atoms with Crippen molar-refractivity contribution in [3.05, 3.63) is 0 Å². The van der Waals surface area contributed by atoms with Gasteiger partial charge in [0.25, 0.3) is 0 Å². The highest BCUT2D eigenvalue weighted by Gasteiger charge is 2.44. The molecule has 0 saturated heterocycles. The predicted molar refractivity (Wildman–Crippen MR) is 64.4 cm³/mol. The smallest absolute Gasteiger partial charge is 0.303 e. The van der Waals surface area contributed by atoms with E-state index in [-0.39, 0.29) is 12.3 Å². The van der Waals surface area contributed by atoms with Crippen molar-refractivity contribution in [1.82, 2.24) is 5.32 Å². The second-order valence-electron chi connectivity index (χ2n) is 5.57. The van der Waals surface area contributed by atoms with E-state index in [1.54, 1.807) is 0 Å². The summed E-state index contributed by atoms with van der Waals surface area (Å²) < 4.78 is 0. The van der Waals surface area contributed by atoms with Crippen LogP contribution in [-0.2, 0) is 9.59 Å². The van der Waals surface area contributed by atoms with E-state index in [9.17, 15) is 9.59 Å². The maximum Gasteiger partial charge on any atom is 0.303 e. The Labute approximate surface area is 102 Å². The number of rotatable bonds is 6. The molecule has 0 atom stereocenters. The van der Waals surface area contributed by atoms with E-state index < -0.39 is 16.9 Å². The Hall–Kier alpha value is -1.10.